The molecule has 104 valence electrons. The van der Waals surface area contributed by atoms with E-state index in [-0.39, 0.29) is 11.8 Å². The summed E-state index contributed by atoms with van der Waals surface area (Å²) in [5, 5.41) is 13.1. The van der Waals surface area contributed by atoms with Gasteiger partial charge in [-0.1, -0.05) is 19.1 Å². The number of aromatic nitrogens is 2. The van der Waals surface area contributed by atoms with E-state index in [9.17, 15) is 9.59 Å². The van der Waals surface area contributed by atoms with Gasteiger partial charge in [0.1, 0.15) is 0 Å². The molecule has 1 aromatic carbocycles. The Bertz CT molecular complexity index is 710. The number of para-hydroxylation sites is 1. The van der Waals surface area contributed by atoms with Crippen LogP contribution in [0.5, 0.6) is 0 Å². The first kappa shape index (κ1) is 14.7. The Morgan fingerprint density at radius 2 is 2.10 bits per heavy atom. The number of hydrogen-bond donors (Lipinski definition) is 1. The summed E-state index contributed by atoms with van der Waals surface area (Å²) in [5.41, 5.74) is 1.46. The molecule has 1 heterocycles. The molecular weight excluding hydrogens is 371 g/mol. The molecule has 6 heteroatoms. The summed E-state index contributed by atoms with van der Waals surface area (Å²) in [4.78, 5) is 22.8. The van der Waals surface area contributed by atoms with Crippen molar-refractivity contribution >= 4 is 28.6 Å². The predicted octanol–water partition coefficient (Wildman–Crippen LogP) is 2.03. The lowest BCUT2D eigenvalue weighted by atomic mass is 10.1. The lowest BCUT2D eigenvalue weighted by Gasteiger charge is -2.15. The van der Waals surface area contributed by atoms with E-state index in [2.05, 4.69) is 27.7 Å². The van der Waals surface area contributed by atoms with Crippen LogP contribution in [0.4, 0.5) is 0 Å². The number of aliphatic carboxylic acids is 1. The molecule has 0 spiro atoms. The van der Waals surface area contributed by atoms with Crippen molar-refractivity contribution < 1.29 is 9.90 Å². The molecule has 0 saturated carbocycles. The Hall–Kier alpha value is -1.70. The van der Waals surface area contributed by atoms with E-state index in [4.69, 9.17) is 5.11 Å². The van der Waals surface area contributed by atoms with Crippen LogP contribution in [-0.2, 0) is 17.6 Å². The van der Waals surface area contributed by atoms with Crippen molar-refractivity contribution in [1.82, 2.24) is 9.78 Å². The van der Waals surface area contributed by atoms with Crippen molar-refractivity contribution in [2.45, 2.75) is 19.8 Å². The van der Waals surface area contributed by atoms with Gasteiger partial charge in [0.2, 0.25) is 5.43 Å². The quantitative estimate of drug-likeness (QED) is 0.819. The van der Waals surface area contributed by atoms with Crippen LogP contribution in [0.15, 0.2) is 35.3 Å². The van der Waals surface area contributed by atoms with Crippen LogP contribution in [0.25, 0.3) is 5.69 Å². The minimum Gasteiger partial charge on any atom is -0.481 e. The maximum absolute atomic E-state index is 11.9. The van der Waals surface area contributed by atoms with Crippen LogP contribution in [0.3, 0.4) is 0 Å². The molecule has 0 saturated heterocycles. The lowest BCUT2D eigenvalue weighted by Crippen LogP contribution is -2.23. The Kier molecular flexibility index (Phi) is 4.53. The second-order valence-electron chi connectivity index (χ2n) is 4.22. The number of hydrogen-bond acceptors (Lipinski definition) is 3. The molecule has 0 aliphatic rings. The molecule has 2 aromatic rings. The van der Waals surface area contributed by atoms with E-state index < -0.39 is 5.97 Å². The highest BCUT2D eigenvalue weighted by Gasteiger charge is 2.15. The second kappa shape index (κ2) is 6.17. The van der Waals surface area contributed by atoms with Crippen LogP contribution in [0.1, 0.15) is 18.2 Å². The first-order valence-corrected chi connectivity index (χ1v) is 7.19. The average Bonchev–Trinajstić information content (AvgIpc) is 2.41. The molecule has 0 aliphatic carbocycles. The van der Waals surface area contributed by atoms with Gasteiger partial charge in [-0.2, -0.15) is 5.10 Å². The van der Waals surface area contributed by atoms with Crippen molar-refractivity contribution in [2.24, 2.45) is 0 Å². The highest BCUT2D eigenvalue weighted by Crippen LogP contribution is 2.18. The van der Waals surface area contributed by atoms with Gasteiger partial charge in [0.15, 0.2) is 0 Å². The van der Waals surface area contributed by atoms with Crippen molar-refractivity contribution in [3.8, 4) is 5.69 Å². The van der Waals surface area contributed by atoms with E-state index in [1.54, 1.807) is 4.68 Å². The van der Waals surface area contributed by atoms with Crippen LogP contribution in [0.2, 0.25) is 0 Å². The summed E-state index contributed by atoms with van der Waals surface area (Å²) >= 11 is 2.19. The molecule has 0 atom stereocenters. The summed E-state index contributed by atoms with van der Waals surface area (Å²) in [6.07, 6.45) is 1.44. The van der Waals surface area contributed by atoms with Crippen LogP contribution < -0.4 is 5.43 Å². The van der Waals surface area contributed by atoms with Gasteiger partial charge in [-0.05, 0) is 41.1 Å². The normalized spacial score (nSPS) is 10.5. The van der Waals surface area contributed by atoms with Gasteiger partial charge in [-0.3, -0.25) is 9.59 Å². The van der Waals surface area contributed by atoms with E-state index in [1.165, 1.54) is 6.20 Å². The third kappa shape index (κ3) is 2.90. The minimum atomic E-state index is -1.02. The van der Waals surface area contributed by atoms with Gasteiger partial charge >= 0.3 is 5.97 Å². The molecular formula is C14H13IN2O3. The molecule has 0 aliphatic heterocycles. The van der Waals surface area contributed by atoms with Gasteiger partial charge in [0.05, 0.1) is 24.0 Å². The fourth-order valence-electron chi connectivity index (χ4n) is 2.06. The van der Waals surface area contributed by atoms with E-state index in [1.807, 2.05) is 31.2 Å². The molecule has 1 N–H and O–H groups in total. The van der Waals surface area contributed by atoms with Gasteiger partial charge in [0.25, 0.3) is 0 Å². The molecule has 2 rings (SSSR count). The largest absolute Gasteiger partial charge is 0.481 e. The highest BCUT2D eigenvalue weighted by atomic mass is 127. The summed E-state index contributed by atoms with van der Waals surface area (Å²) in [6.45, 7) is 1.88. The van der Waals surface area contributed by atoms with Gasteiger partial charge in [-0.15, -0.1) is 0 Å². The smallest absolute Gasteiger partial charge is 0.308 e. The zero-order valence-electron chi connectivity index (χ0n) is 10.8. The maximum atomic E-state index is 11.9. The number of rotatable bonds is 4. The van der Waals surface area contributed by atoms with Crippen molar-refractivity contribution in [1.29, 1.82) is 0 Å². The van der Waals surface area contributed by atoms with Gasteiger partial charge < -0.3 is 5.11 Å². The van der Waals surface area contributed by atoms with E-state index in [0.29, 0.717) is 17.7 Å². The number of carboxylic acids is 1. The zero-order chi connectivity index (χ0) is 14.7. The first-order chi connectivity index (χ1) is 9.54. The van der Waals surface area contributed by atoms with Crippen molar-refractivity contribution in [3.05, 3.63) is 55.5 Å². The fraction of sp³-hybridized carbons (Fsp3) is 0.214. The maximum Gasteiger partial charge on any atom is 0.308 e. The topological polar surface area (TPSA) is 72.2 Å². The number of carbonyl (C=O) groups is 1. The standard InChI is InChI=1S/C14H13IN2O3/c1-2-11-9(7-14(19)20)13(18)8-16-17(11)12-6-4-3-5-10(12)15/h3-6,8H,2,7H2,1H3,(H,19,20). The van der Waals surface area contributed by atoms with Crippen LogP contribution in [0, 0.1) is 3.57 Å². The lowest BCUT2D eigenvalue weighted by molar-refractivity contribution is -0.136. The van der Waals surface area contributed by atoms with Crippen molar-refractivity contribution in [2.75, 3.05) is 0 Å². The summed E-state index contributed by atoms with van der Waals surface area (Å²) < 4.78 is 2.64. The third-order valence-corrected chi connectivity index (χ3v) is 3.85. The Labute approximate surface area is 129 Å². The van der Waals surface area contributed by atoms with E-state index in [0.717, 1.165) is 9.26 Å². The minimum absolute atomic E-state index is 0.284. The van der Waals surface area contributed by atoms with Gasteiger partial charge in [-0.25, -0.2) is 4.68 Å². The van der Waals surface area contributed by atoms with E-state index >= 15 is 0 Å². The molecule has 0 amide bonds. The number of nitrogens with zero attached hydrogens (tertiary/aromatic N) is 2. The average molecular weight is 384 g/mol. The molecule has 0 radical (unpaired) electrons. The summed E-state index contributed by atoms with van der Waals surface area (Å²) in [7, 11) is 0. The van der Waals surface area contributed by atoms with Crippen LogP contribution >= 0.6 is 22.6 Å². The zero-order valence-corrected chi connectivity index (χ0v) is 13.0. The number of benzene rings is 1. The Balaban J connectivity index is 2.69. The summed E-state index contributed by atoms with van der Waals surface area (Å²) in [5.74, 6) is -1.02. The predicted molar refractivity (Wildman–Crippen MR) is 83.3 cm³/mol. The molecule has 0 unspecified atom stereocenters. The molecule has 1 aromatic heterocycles. The monoisotopic (exact) mass is 384 g/mol. The highest BCUT2D eigenvalue weighted by molar-refractivity contribution is 14.1. The number of halogens is 1. The molecule has 0 bridgehead atoms. The van der Waals surface area contributed by atoms with Crippen molar-refractivity contribution in [3.63, 3.8) is 0 Å². The number of carboxylic acid groups (broad SMARTS) is 1. The van der Waals surface area contributed by atoms with Gasteiger partial charge in [0, 0.05) is 9.13 Å². The molecule has 5 nitrogen and oxygen atoms in total. The third-order valence-electron chi connectivity index (χ3n) is 2.94. The first-order valence-electron chi connectivity index (χ1n) is 6.11. The Morgan fingerprint density at radius 1 is 1.40 bits per heavy atom. The SMILES string of the molecule is CCc1c(CC(=O)O)c(=O)cnn1-c1ccccc1I. The summed E-state index contributed by atoms with van der Waals surface area (Å²) in [6, 6.07) is 7.63. The Morgan fingerprint density at radius 3 is 2.70 bits per heavy atom. The fourth-order valence-corrected chi connectivity index (χ4v) is 2.68. The van der Waals surface area contributed by atoms with Crippen LogP contribution in [-0.4, -0.2) is 20.9 Å². The molecule has 0 fully saturated rings. The second-order valence-corrected chi connectivity index (χ2v) is 5.38. The molecule has 20 heavy (non-hydrogen) atoms.